The van der Waals surface area contributed by atoms with Crippen molar-refractivity contribution in [2.24, 2.45) is 0 Å². The summed E-state index contributed by atoms with van der Waals surface area (Å²) in [7, 11) is 0. The molecule has 0 aliphatic heterocycles. The van der Waals surface area contributed by atoms with Crippen LogP contribution in [0, 0.1) is 0 Å². The van der Waals surface area contributed by atoms with Gasteiger partial charge in [-0.3, -0.25) is 4.79 Å². The van der Waals surface area contributed by atoms with Crippen molar-refractivity contribution in [2.45, 2.75) is 38.3 Å². The van der Waals surface area contributed by atoms with Crippen LogP contribution in [-0.4, -0.2) is 18.3 Å². The van der Waals surface area contributed by atoms with E-state index in [0.717, 1.165) is 6.92 Å². The van der Waals surface area contributed by atoms with Gasteiger partial charge in [-0.05, 0) is 24.1 Å². The Morgan fingerprint density at radius 1 is 1.09 bits per heavy atom. The molecular weight excluding hydrogens is 355 g/mol. The van der Waals surface area contributed by atoms with E-state index in [9.17, 15) is 35.5 Å². The van der Waals surface area contributed by atoms with E-state index in [4.69, 9.17) is 11.6 Å². The lowest BCUT2D eigenvalue weighted by molar-refractivity contribution is -0.348. The fourth-order valence-corrected chi connectivity index (χ4v) is 2.23. The average molecular weight is 366 g/mol. The van der Waals surface area contributed by atoms with Gasteiger partial charge in [-0.1, -0.05) is 18.5 Å². The maximum atomic E-state index is 14.0. The third-order valence-electron chi connectivity index (χ3n) is 3.03. The zero-order chi connectivity index (χ0) is 18.2. The van der Waals surface area contributed by atoms with Gasteiger partial charge >= 0.3 is 18.0 Å². The predicted octanol–water partition coefficient (Wildman–Crippen LogP) is 5.15. The molecule has 130 valence electrons. The molecule has 2 nitrogen and oxygen atoms in total. The quantitative estimate of drug-likeness (QED) is 0.737. The highest BCUT2D eigenvalue weighted by Gasteiger charge is 2.73. The van der Waals surface area contributed by atoms with Crippen molar-refractivity contribution in [3.05, 3.63) is 28.3 Å². The number of hydrogen-bond acceptors (Lipinski definition) is 1. The molecular formula is C13H11ClF7NO. The standard InChI is InChI=1S/C13H11ClF7NO/c1-3-7-4-8(5-9(14)10(7)22-6(2)23)11(15,12(16,17)18)13(19,20)21/h4-5H,3H2,1-2H3,(H,22,23). The summed E-state index contributed by atoms with van der Waals surface area (Å²) in [6.45, 7) is 2.48. The molecule has 0 unspecified atom stereocenters. The molecule has 1 N–H and O–H groups in total. The summed E-state index contributed by atoms with van der Waals surface area (Å²) in [4.78, 5) is 11.0. The lowest BCUT2D eigenvalue weighted by Crippen LogP contribution is -2.50. The van der Waals surface area contributed by atoms with E-state index in [-0.39, 0.29) is 23.7 Å². The van der Waals surface area contributed by atoms with Crippen LogP contribution in [0.2, 0.25) is 5.02 Å². The minimum absolute atomic E-state index is 0.0744. The molecule has 23 heavy (non-hydrogen) atoms. The summed E-state index contributed by atoms with van der Waals surface area (Å²) in [5.74, 6) is -0.632. The van der Waals surface area contributed by atoms with Crippen molar-refractivity contribution in [1.29, 1.82) is 0 Å². The van der Waals surface area contributed by atoms with Crippen molar-refractivity contribution in [1.82, 2.24) is 0 Å². The molecule has 0 saturated carbocycles. The van der Waals surface area contributed by atoms with Gasteiger partial charge in [-0.15, -0.1) is 0 Å². The summed E-state index contributed by atoms with van der Waals surface area (Å²) in [5, 5.41) is 1.57. The zero-order valence-electron chi connectivity index (χ0n) is 11.8. The topological polar surface area (TPSA) is 29.1 Å². The van der Waals surface area contributed by atoms with E-state index in [1.165, 1.54) is 6.92 Å². The fourth-order valence-electron chi connectivity index (χ4n) is 1.95. The number of aryl methyl sites for hydroxylation is 1. The lowest BCUT2D eigenvalue weighted by atomic mass is 9.91. The molecule has 0 aromatic heterocycles. The number of hydrogen-bond donors (Lipinski definition) is 1. The lowest BCUT2D eigenvalue weighted by Gasteiger charge is -2.31. The van der Waals surface area contributed by atoms with Gasteiger partial charge in [0.15, 0.2) is 0 Å². The van der Waals surface area contributed by atoms with Crippen LogP contribution >= 0.6 is 11.6 Å². The number of alkyl halides is 7. The van der Waals surface area contributed by atoms with Gasteiger partial charge in [0.25, 0.3) is 0 Å². The van der Waals surface area contributed by atoms with Crippen molar-refractivity contribution < 1.29 is 35.5 Å². The first kappa shape index (κ1) is 19.5. The molecule has 0 spiro atoms. The number of halogens is 8. The molecule has 0 fully saturated rings. The number of benzene rings is 1. The fraction of sp³-hybridized carbons (Fsp3) is 0.462. The van der Waals surface area contributed by atoms with Crippen molar-refractivity contribution in [3.8, 4) is 0 Å². The van der Waals surface area contributed by atoms with Crippen molar-refractivity contribution in [2.75, 3.05) is 5.32 Å². The largest absolute Gasteiger partial charge is 0.435 e. The molecule has 1 amide bonds. The average Bonchev–Trinajstić information content (AvgIpc) is 2.36. The van der Waals surface area contributed by atoms with Gasteiger partial charge in [0.2, 0.25) is 5.91 Å². The van der Waals surface area contributed by atoms with Gasteiger partial charge in [0.05, 0.1) is 10.7 Å². The third-order valence-corrected chi connectivity index (χ3v) is 3.33. The number of carbonyl (C=O) groups excluding carboxylic acids is 1. The minimum atomic E-state index is -6.23. The normalized spacial score (nSPS) is 13.1. The van der Waals surface area contributed by atoms with Crippen LogP contribution in [0.1, 0.15) is 25.0 Å². The molecule has 1 aromatic rings. The number of anilines is 1. The van der Waals surface area contributed by atoms with E-state index in [2.05, 4.69) is 5.32 Å². The summed E-state index contributed by atoms with van der Waals surface area (Å²) < 4.78 is 90.6. The second kappa shape index (κ2) is 6.18. The summed E-state index contributed by atoms with van der Waals surface area (Å²) >= 11 is 5.65. The third kappa shape index (κ3) is 3.54. The first-order valence-corrected chi connectivity index (χ1v) is 6.56. The molecule has 0 aliphatic carbocycles. The van der Waals surface area contributed by atoms with Crippen molar-refractivity contribution in [3.63, 3.8) is 0 Å². The Balaban J connectivity index is 3.65. The molecule has 0 heterocycles. The van der Waals surface area contributed by atoms with Crippen LogP contribution in [0.15, 0.2) is 12.1 Å². The molecule has 0 radical (unpaired) electrons. The van der Waals surface area contributed by atoms with Gasteiger partial charge in [0, 0.05) is 12.5 Å². The Labute approximate surface area is 131 Å². The van der Waals surface area contributed by atoms with E-state index in [1.807, 2.05) is 0 Å². The minimum Gasteiger partial charge on any atom is -0.325 e. The molecule has 0 aliphatic rings. The summed E-state index contributed by atoms with van der Waals surface area (Å²) in [6, 6.07) is 0.616. The van der Waals surface area contributed by atoms with Gasteiger partial charge in [-0.2, -0.15) is 26.3 Å². The molecule has 1 rings (SSSR count). The molecule has 10 heteroatoms. The Kier molecular flexibility index (Phi) is 5.25. The number of rotatable bonds is 3. The summed E-state index contributed by atoms with van der Waals surface area (Å²) in [6.07, 6.45) is -12.5. The second-order valence-corrected chi connectivity index (χ2v) is 5.09. The first-order chi connectivity index (χ1) is 10.3. The summed E-state index contributed by atoms with van der Waals surface area (Å²) in [5.41, 5.74) is -7.56. The number of carbonyl (C=O) groups is 1. The van der Waals surface area contributed by atoms with Crippen LogP contribution in [0.3, 0.4) is 0 Å². The highest BCUT2D eigenvalue weighted by atomic mass is 35.5. The van der Waals surface area contributed by atoms with Gasteiger partial charge < -0.3 is 5.32 Å². The molecule has 0 atom stereocenters. The molecule has 0 saturated heterocycles. The van der Waals surface area contributed by atoms with Gasteiger partial charge in [0.1, 0.15) is 0 Å². The predicted molar refractivity (Wildman–Crippen MR) is 70.0 cm³/mol. The maximum Gasteiger partial charge on any atom is 0.435 e. The van der Waals surface area contributed by atoms with Crippen LogP contribution < -0.4 is 5.32 Å². The Morgan fingerprint density at radius 3 is 1.91 bits per heavy atom. The Hall–Kier alpha value is -1.51. The Morgan fingerprint density at radius 2 is 1.57 bits per heavy atom. The van der Waals surface area contributed by atoms with E-state index in [0.29, 0.717) is 6.07 Å². The first-order valence-electron chi connectivity index (χ1n) is 6.18. The van der Waals surface area contributed by atoms with E-state index in [1.54, 1.807) is 0 Å². The monoisotopic (exact) mass is 365 g/mol. The zero-order valence-corrected chi connectivity index (χ0v) is 12.5. The highest BCUT2D eigenvalue weighted by Crippen LogP contribution is 2.54. The van der Waals surface area contributed by atoms with E-state index < -0.39 is 34.5 Å². The van der Waals surface area contributed by atoms with E-state index >= 15 is 0 Å². The highest BCUT2D eigenvalue weighted by molar-refractivity contribution is 6.34. The number of amides is 1. The molecule has 0 bridgehead atoms. The smallest absolute Gasteiger partial charge is 0.325 e. The maximum absolute atomic E-state index is 14.0. The van der Waals surface area contributed by atoms with Gasteiger partial charge in [-0.25, -0.2) is 4.39 Å². The number of nitrogens with one attached hydrogen (secondary N) is 1. The van der Waals surface area contributed by atoms with Crippen LogP contribution in [0.5, 0.6) is 0 Å². The van der Waals surface area contributed by atoms with Crippen LogP contribution in [0.25, 0.3) is 0 Å². The Bertz CT molecular complexity index is 596. The SMILES string of the molecule is CCc1cc(C(F)(C(F)(F)F)C(F)(F)F)cc(Cl)c1NC(C)=O. The molecule has 1 aromatic carbocycles. The van der Waals surface area contributed by atoms with Crippen LogP contribution in [-0.2, 0) is 16.9 Å². The van der Waals surface area contributed by atoms with Crippen LogP contribution in [0.4, 0.5) is 36.4 Å². The second-order valence-electron chi connectivity index (χ2n) is 4.68. The van der Waals surface area contributed by atoms with Crippen molar-refractivity contribution >= 4 is 23.2 Å².